The maximum absolute atomic E-state index is 11.7. The Balaban J connectivity index is 2.60. The second-order valence-electron chi connectivity index (χ2n) is 5.85. The van der Waals surface area contributed by atoms with Crippen molar-refractivity contribution in [3.05, 3.63) is 0 Å². The van der Waals surface area contributed by atoms with Crippen LogP contribution in [0.2, 0.25) is 0 Å². The zero-order valence-corrected chi connectivity index (χ0v) is 12.1. The van der Waals surface area contributed by atoms with Gasteiger partial charge in [-0.2, -0.15) is 0 Å². The molecule has 0 amide bonds. The number of hydrogen-bond donors (Lipinski definition) is 2. The van der Waals surface area contributed by atoms with Crippen molar-refractivity contribution in [3.8, 4) is 0 Å². The van der Waals surface area contributed by atoms with Gasteiger partial charge in [-0.1, -0.05) is 51.9 Å². The topological polar surface area (TPSA) is 57.5 Å². The Morgan fingerprint density at radius 1 is 1.24 bits per heavy atom. The molecule has 0 saturated heterocycles. The number of rotatable bonds is 7. The molecular weight excluding hydrogens is 235 g/mol. The van der Waals surface area contributed by atoms with Crippen molar-refractivity contribution in [2.45, 2.75) is 76.8 Å². The van der Waals surface area contributed by atoms with E-state index in [4.69, 9.17) is 0 Å². The molecule has 1 unspecified atom stereocenters. The Hall–Kier alpha value is 0.150. The summed E-state index contributed by atoms with van der Waals surface area (Å²) >= 11 is 0. The monoisotopic (exact) mass is 262 g/mol. The van der Waals surface area contributed by atoms with Crippen LogP contribution in [0.15, 0.2) is 0 Å². The molecule has 0 aliphatic heterocycles. The van der Waals surface area contributed by atoms with Gasteiger partial charge < -0.3 is 9.79 Å². The van der Waals surface area contributed by atoms with E-state index in [1.165, 1.54) is 12.8 Å². The van der Waals surface area contributed by atoms with Gasteiger partial charge in [-0.25, -0.2) is 0 Å². The van der Waals surface area contributed by atoms with E-state index in [1.807, 2.05) is 0 Å². The molecule has 0 aromatic carbocycles. The van der Waals surface area contributed by atoms with E-state index in [2.05, 4.69) is 6.92 Å². The maximum Gasteiger partial charge on any atom is 0.331 e. The van der Waals surface area contributed by atoms with E-state index >= 15 is 0 Å². The lowest BCUT2D eigenvalue weighted by atomic mass is 9.90. The van der Waals surface area contributed by atoms with Crippen LogP contribution in [0.25, 0.3) is 0 Å². The number of hydrogen-bond acceptors (Lipinski definition) is 1. The molecule has 1 fully saturated rings. The van der Waals surface area contributed by atoms with E-state index < -0.39 is 12.8 Å². The lowest BCUT2D eigenvalue weighted by Gasteiger charge is -2.33. The van der Waals surface area contributed by atoms with Gasteiger partial charge in [0.05, 0.1) is 5.16 Å². The summed E-state index contributed by atoms with van der Waals surface area (Å²) in [6.45, 7) is 3.91. The third kappa shape index (κ3) is 4.39. The van der Waals surface area contributed by atoms with Crippen molar-refractivity contribution in [3.63, 3.8) is 0 Å². The molecule has 4 heteroatoms. The van der Waals surface area contributed by atoms with Crippen molar-refractivity contribution >= 4 is 7.60 Å². The quantitative estimate of drug-likeness (QED) is 0.537. The van der Waals surface area contributed by atoms with E-state index in [-0.39, 0.29) is 0 Å². The van der Waals surface area contributed by atoms with Crippen LogP contribution in [0.1, 0.15) is 71.6 Å². The van der Waals surface area contributed by atoms with Gasteiger partial charge in [0.1, 0.15) is 0 Å². The molecule has 0 aromatic rings. The van der Waals surface area contributed by atoms with Crippen LogP contribution in [-0.4, -0.2) is 14.9 Å². The molecule has 0 bridgehead atoms. The molecule has 102 valence electrons. The highest BCUT2D eigenvalue weighted by molar-refractivity contribution is 7.53. The van der Waals surface area contributed by atoms with Crippen molar-refractivity contribution in [2.24, 2.45) is 5.92 Å². The van der Waals surface area contributed by atoms with Crippen LogP contribution in [0.3, 0.4) is 0 Å². The van der Waals surface area contributed by atoms with E-state index in [9.17, 15) is 14.4 Å². The van der Waals surface area contributed by atoms with Gasteiger partial charge in [0, 0.05) is 0 Å². The Bertz CT molecular complexity index is 268. The molecule has 2 N–H and O–H groups in total. The molecule has 0 heterocycles. The highest BCUT2D eigenvalue weighted by atomic mass is 31.2. The van der Waals surface area contributed by atoms with E-state index in [0.29, 0.717) is 18.8 Å². The average Bonchev–Trinajstić information content (AvgIpc) is 2.69. The smallest absolute Gasteiger partial charge is 0.324 e. The molecule has 0 aromatic heterocycles. The zero-order valence-electron chi connectivity index (χ0n) is 11.2. The third-order valence-electron chi connectivity index (χ3n) is 4.23. The summed E-state index contributed by atoms with van der Waals surface area (Å²) in [5.41, 5.74) is 0. The summed E-state index contributed by atoms with van der Waals surface area (Å²) < 4.78 is 11.7. The molecule has 1 aliphatic carbocycles. The predicted octanol–water partition coefficient (Wildman–Crippen LogP) is 4.08. The molecular formula is C13H27O3P. The van der Waals surface area contributed by atoms with Gasteiger partial charge in [-0.3, -0.25) is 4.57 Å². The fourth-order valence-corrected chi connectivity index (χ4v) is 3.90. The fourth-order valence-electron chi connectivity index (χ4n) is 2.96. The van der Waals surface area contributed by atoms with Crippen LogP contribution in [0, 0.1) is 5.92 Å². The summed E-state index contributed by atoms with van der Waals surface area (Å²) in [7, 11) is -3.98. The third-order valence-corrected chi connectivity index (χ3v) is 6.04. The Kier molecular flexibility index (Phi) is 5.69. The van der Waals surface area contributed by atoms with Gasteiger partial charge in [0.2, 0.25) is 0 Å². The van der Waals surface area contributed by atoms with Gasteiger partial charge >= 0.3 is 7.60 Å². The van der Waals surface area contributed by atoms with Crippen LogP contribution in [-0.2, 0) is 4.57 Å². The summed E-state index contributed by atoms with van der Waals surface area (Å²) in [5.74, 6) is 0.536. The molecule has 0 spiro atoms. The Morgan fingerprint density at radius 3 is 2.29 bits per heavy atom. The first-order chi connectivity index (χ1) is 7.89. The molecule has 1 aliphatic rings. The predicted molar refractivity (Wildman–Crippen MR) is 71.2 cm³/mol. The first kappa shape index (κ1) is 15.2. The first-order valence-electron chi connectivity index (χ1n) is 6.95. The zero-order chi connectivity index (χ0) is 12.9. The highest BCUT2D eigenvalue weighted by Crippen LogP contribution is 2.57. The van der Waals surface area contributed by atoms with Crippen LogP contribution < -0.4 is 0 Å². The molecule has 3 nitrogen and oxygen atoms in total. The van der Waals surface area contributed by atoms with E-state index in [0.717, 1.165) is 32.1 Å². The minimum Gasteiger partial charge on any atom is -0.324 e. The lowest BCUT2D eigenvalue weighted by Crippen LogP contribution is -2.27. The summed E-state index contributed by atoms with van der Waals surface area (Å²) in [6, 6.07) is 0. The minimum absolute atomic E-state index is 0.536. The molecule has 1 saturated carbocycles. The van der Waals surface area contributed by atoms with Crippen molar-refractivity contribution in [1.29, 1.82) is 0 Å². The number of unbranched alkanes of at least 4 members (excludes halogenated alkanes) is 2. The molecule has 1 atom stereocenters. The second kappa shape index (κ2) is 6.36. The minimum atomic E-state index is -3.98. The second-order valence-corrected chi connectivity index (χ2v) is 8.02. The summed E-state index contributed by atoms with van der Waals surface area (Å²) in [5, 5.41) is -0.781. The Morgan fingerprint density at radius 2 is 1.82 bits per heavy atom. The van der Waals surface area contributed by atoms with Gasteiger partial charge in [-0.15, -0.1) is 0 Å². The largest absolute Gasteiger partial charge is 0.331 e. The van der Waals surface area contributed by atoms with Crippen molar-refractivity contribution in [2.75, 3.05) is 0 Å². The first-order valence-corrected chi connectivity index (χ1v) is 8.56. The van der Waals surface area contributed by atoms with Gasteiger partial charge in [-0.05, 0) is 25.7 Å². The van der Waals surface area contributed by atoms with Crippen LogP contribution in [0.4, 0.5) is 0 Å². The highest BCUT2D eigenvalue weighted by Gasteiger charge is 2.43. The molecule has 1 rings (SSSR count). The summed E-state index contributed by atoms with van der Waals surface area (Å²) in [6.07, 6.45) is 9.26. The van der Waals surface area contributed by atoms with Crippen molar-refractivity contribution < 1.29 is 14.4 Å². The molecule has 0 radical (unpaired) electrons. The molecule has 17 heavy (non-hydrogen) atoms. The van der Waals surface area contributed by atoms with Crippen LogP contribution in [0.5, 0.6) is 0 Å². The van der Waals surface area contributed by atoms with E-state index in [1.54, 1.807) is 6.92 Å². The normalized spacial score (nSPS) is 21.6. The average molecular weight is 262 g/mol. The standard InChI is InChI=1S/C13H27O3P/c1-3-4-7-10-13(2,17(14,15)16)11-12-8-5-6-9-12/h12H,3-11H2,1-2H3,(H2,14,15,16). The Labute approximate surface area is 105 Å². The van der Waals surface area contributed by atoms with Gasteiger partial charge in [0.15, 0.2) is 0 Å². The maximum atomic E-state index is 11.7. The SMILES string of the molecule is CCCCCC(C)(CC1CCCC1)P(=O)(O)O. The summed E-state index contributed by atoms with van der Waals surface area (Å²) in [4.78, 5) is 19.2. The van der Waals surface area contributed by atoms with Crippen LogP contribution >= 0.6 is 7.60 Å². The fraction of sp³-hybridized carbons (Fsp3) is 1.00. The lowest BCUT2D eigenvalue weighted by molar-refractivity contribution is 0.288. The van der Waals surface area contributed by atoms with Gasteiger partial charge in [0.25, 0.3) is 0 Å². The van der Waals surface area contributed by atoms with Crippen molar-refractivity contribution in [1.82, 2.24) is 0 Å².